The van der Waals surface area contributed by atoms with Gasteiger partial charge in [0.15, 0.2) is 5.78 Å². The molecule has 0 aliphatic heterocycles. The molecule has 0 amide bonds. The number of aryl methyl sites for hydroxylation is 1. The number of rotatable bonds is 5. The molecule has 2 N–H and O–H groups in total. The quantitative estimate of drug-likeness (QED) is 0.666. The molecule has 0 radical (unpaired) electrons. The summed E-state index contributed by atoms with van der Waals surface area (Å²) in [7, 11) is 1.86. The van der Waals surface area contributed by atoms with Crippen LogP contribution in [0.2, 0.25) is 0 Å². The third kappa shape index (κ3) is 3.24. The van der Waals surface area contributed by atoms with E-state index in [2.05, 4.69) is 38.6 Å². The molecule has 2 aromatic heterocycles. The zero-order chi connectivity index (χ0) is 20.0. The van der Waals surface area contributed by atoms with Crippen molar-refractivity contribution in [2.24, 2.45) is 0 Å². The summed E-state index contributed by atoms with van der Waals surface area (Å²) in [5.41, 5.74) is 6.96. The van der Waals surface area contributed by atoms with Crippen LogP contribution >= 0.6 is 0 Å². The van der Waals surface area contributed by atoms with Crippen LogP contribution in [0.1, 0.15) is 52.5 Å². The van der Waals surface area contributed by atoms with Gasteiger partial charge in [-0.15, -0.1) is 0 Å². The van der Waals surface area contributed by atoms with Gasteiger partial charge < -0.3 is 10.6 Å². The highest BCUT2D eigenvalue weighted by atomic mass is 16.1. The molecule has 5 rings (SSSR count). The van der Waals surface area contributed by atoms with E-state index in [-0.39, 0.29) is 5.78 Å². The Morgan fingerprint density at radius 1 is 1.00 bits per heavy atom. The largest absolute Gasteiger partial charge is 0.388 e. The van der Waals surface area contributed by atoms with E-state index in [1.807, 2.05) is 37.8 Å². The van der Waals surface area contributed by atoms with Crippen molar-refractivity contribution in [2.45, 2.75) is 38.5 Å². The van der Waals surface area contributed by atoms with E-state index >= 15 is 0 Å². The van der Waals surface area contributed by atoms with E-state index in [9.17, 15) is 4.79 Å². The van der Waals surface area contributed by atoms with E-state index in [0.29, 0.717) is 12.3 Å². The van der Waals surface area contributed by atoms with Crippen LogP contribution in [0.5, 0.6) is 0 Å². The third-order valence-corrected chi connectivity index (χ3v) is 5.75. The number of benzene rings is 1. The van der Waals surface area contributed by atoms with Crippen LogP contribution in [-0.2, 0) is 6.42 Å². The summed E-state index contributed by atoms with van der Waals surface area (Å²) >= 11 is 0. The van der Waals surface area contributed by atoms with Gasteiger partial charge in [0.2, 0.25) is 0 Å². The maximum Gasteiger partial charge on any atom is 0.165 e. The molecule has 3 aromatic rings. The molecule has 1 saturated carbocycles. The van der Waals surface area contributed by atoms with Crippen LogP contribution < -0.4 is 10.6 Å². The number of carbonyl (C=O) groups is 1. The summed E-state index contributed by atoms with van der Waals surface area (Å²) in [4.78, 5) is 25.9. The Hall–Kier alpha value is -3.28. The summed E-state index contributed by atoms with van der Waals surface area (Å²) < 4.78 is 0. The molecule has 0 spiro atoms. The molecule has 2 aliphatic rings. The number of ketones is 1. The Bertz CT molecular complexity index is 1100. The first kappa shape index (κ1) is 17.8. The lowest BCUT2D eigenvalue weighted by molar-refractivity contribution is 0.0995. The fraction of sp³-hybridized carbons (Fsp3) is 0.304. The second kappa shape index (κ2) is 6.95. The van der Waals surface area contributed by atoms with E-state index in [0.717, 1.165) is 57.3 Å². The van der Waals surface area contributed by atoms with E-state index < -0.39 is 0 Å². The van der Waals surface area contributed by atoms with Crippen molar-refractivity contribution in [3.05, 3.63) is 59.3 Å². The summed E-state index contributed by atoms with van der Waals surface area (Å²) in [6.45, 7) is 2.07. The molecule has 1 fully saturated rings. The number of fused-ring (bicyclic) bond motifs is 1. The van der Waals surface area contributed by atoms with Crippen molar-refractivity contribution in [2.75, 3.05) is 17.7 Å². The highest BCUT2D eigenvalue weighted by Gasteiger charge is 2.27. The van der Waals surface area contributed by atoms with E-state index in [4.69, 9.17) is 0 Å². The van der Waals surface area contributed by atoms with Gasteiger partial charge in [0.05, 0.1) is 18.1 Å². The van der Waals surface area contributed by atoms with Crippen LogP contribution in [0.4, 0.5) is 17.2 Å². The zero-order valence-corrected chi connectivity index (χ0v) is 16.6. The van der Waals surface area contributed by atoms with Gasteiger partial charge in [-0.3, -0.25) is 4.79 Å². The molecule has 0 unspecified atom stereocenters. The van der Waals surface area contributed by atoms with Crippen molar-refractivity contribution in [1.29, 1.82) is 0 Å². The number of nitrogens with zero attached hydrogens (tertiary/aromatic N) is 3. The molecule has 29 heavy (non-hydrogen) atoms. The fourth-order valence-corrected chi connectivity index (χ4v) is 4.06. The first-order chi connectivity index (χ1) is 14.1. The molecular weight excluding hydrogens is 362 g/mol. The Kier molecular flexibility index (Phi) is 4.27. The Morgan fingerprint density at radius 2 is 1.79 bits per heavy atom. The average molecular weight is 385 g/mol. The number of anilines is 3. The number of hydrogen-bond acceptors (Lipinski definition) is 6. The van der Waals surface area contributed by atoms with Crippen molar-refractivity contribution in [3.8, 4) is 11.1 Å². The number of Topliss-reactive ketones (excluding diaryl/α,β-unsaturated/α-hetero) is 1. The molecule has 0 atom stereocenters. The van der Waals surface area contributed by atoms with Crippen LogP contribution in [-0.4, -0.2) is 27.8 Å². The number of carbonyl (C=O) groups excluding carboxylic acids is 1. The van der Waals surface area contributed by atoms with Gasteiger partial charge in [-0.05, 0) is 55.0 Å². The molecule has 2 heterocycles. The van der Waals surface area contributed by atoms with Crippen LogP contribution in [0.3, 0.4) is 0 Å². The predicted molar refractivity (Wildman–Crippen MR) is 114 cm³/mol. The molecule has 1 aromatic carbocycles. The van der Waals surface area contributed by atoms with Crippen molar-refractivity contribution >= 4 is 23.0 Å². The van der Waals surface area contributed by atoms with Gasteiger partial charge in [0.1, 0.15) is 11.6 Å². The number of hydrogen-bond donors (Lipinski definition) is 2. The molecule has 0 saturated heterocycles. The zero-order valence-electron chi connectivity index (χ0n) is 16.6. The number of nitrogens with one attached hydrogen (secondary N) is 2. The number of aromatic nitrogens is 3. The standard InChI is InChI=1S/C23H23N5O/c1-13-9-21(28-15-10-26-23(27-11-15)14-3-4-14)25-12-18(13)16-5-7-19(24-2)22-17(16)6-8-20(22)29/h5,7,9-12,14,24H,3-4,6,8H2,1-2H3,(H,25,28). The maximum atomic E-state index is 12.4. The maximum absolute atomic E-state index is 12.4. The second-order valence-electron chi connectivity index (χ2n) is 7.80. The van der Waals surface area contributed by atoms with Gasteiger partial charge in [-0.2, -0.15) is 0 Å². The lowest BCUT2D eigenvalue weighted by atomic mass is 9.94. The van der Waals surface area contributed by atoms with Gasteiger partial charge >= 0.3 is 0 Å². The average Bonchev–Trinajstić information content (AvgIpc) is 3.51. The molecular formula is C23H23N5O. The summed E-state index contributed by atoms with van der Waals surface area (Å²) in [5.74, 6) is 2.45. The van der Waals surface area contributed by atoms with Crippen LogP contribution in [0.25, 0.3) is 11.1 Å². The minimum Gasteiger partial charge on any atom is -0.388 e. The molecule has 146 valence electrons. The summed E-state index contributed by atoms with van der Waals surface area (Å²) in [6, 6.07) is 6.10. The molecule has 0 bridgehead atoms. The monoisotopic (exact) mass is 385 g/mol. The van der Waals surface area contributed by atoms with E-state index in [1.165, 1.54) is 12.8 Å². The second-order valence-corrected chi connectivity index (χ2v) is 7.80. The highest BCUT2D eigenvalue weighted by Crippen LogP contribution is 2.39. The highest BCUT2D eigenvalue weighted by molar-refractivity contribution is 6.07. The smallest absolute Gasteiger partial charge is 0.165 e. The molecule has 6 nitrogen and oxygen atoms in total. The number of pyridine rings is 1. The van der Waals surface area contributed by atoms with Gasteiger partial charge in [0, 0.05) is 42.4 Å². The van der Waals surface area contributed by atoms with Crippen molar-refractivity contribution < 1.29 is 4.79 Å². The third-order valence-electron chi connectivity index (χ3n) is 5.75. The molecule has 6 heteroatoms. The van der Waals surface area contributed by atoms with Crippen LogP contribution in [0.15, 0.2) is 36.8 Å². The topological polar surface area (TPSA) is 79.8 Å². The van der Waals surface area contributed by atoms with Crippen LogP contribution in [0, 0.1) is 6.92 Å². The molecule has 2 aliphatic carbocycles. The fourth-order valence-electron chi connectivity index (χ4n) is 4.06. The normalized spacial score (nSPS) is 15.3. The Labute approximate surface area is 169 Å². The summed E-state index contributed by atoms with van der Waals surface area (Å²) in [5, 5.41) is 6.43. The SMILES string of the molecule is CNc1ccc(-c2cnc(Nc3cnc(C4CC4)nc3)cc2C)c2c1C(=O)CC2. The van der Waals surface area contributed by atoms with Crippen molar-refractivity contribution in [3.63, 3.8) is 0 Å². The Balaban J connectivity index is 1.44. The van der Waals surface area contributed by atoms with Gasteiger partial charge in [0.25, 0.3) is 0 Å². The van der Waals surface area contributed by atoms with Crippen molar-refractivity contribution in [1.82, 2.24) is 15.0 Å². The minimum absolute atomic E-state index is 0.213. The first-order valence-electron chi connectivity index (χ1n) is 10.1. The van der Waals surface area contributed by atoms with E-state index in [1.54, 1.807) is 0 Å². The lowest BCUT2D eigenvalue weighted by Crippen LogP contribution is -2.02. The lowest BCUT2D eigenvalue weighted by Gasteiger charge is -2.15. The van der Waals surface area contributed by atoms with Gasteiger partial charge in [-0.25, -0.2) is 15.0 Å². The first-order valence-corrected chi connectivity index (χ1v) is 10.1. The Morgan fingerprint density at radius 3 is 2.48 bits per heavy atom. The predicted octanol–water partition coefficient (Wildman–Crippen LogP) is 4.64. The summed E-state index contributed by atoms with van der Waals surface area (Å²) in [6.07, 6.45) is 9.27. The van der Waals surface area contributed by atoms with Gasteiger partial charge in [-0.1, -0.05) is 6.07 Å². The minimum atomic E-state index is 0.213.